The van der Waals surface area contributed by atoms with E-state index in [0.29, 0.717) is 35.4 Å². The van der Waals surface area contributed by atoms with Gasteiger partial charge in [0.2, 0.25) is 0 Å². The normalized spacial score (nSPS) is 14.8. The second-order valence-corrected chi connectivity index (χ2v) is 6.14. The Morgan fingerprint density at radius 3 is 2.65 bits per heavy atom. The van der Waals surface area contributed by atoms with Crippen molar-refractivity contribution >= 4 is 34.6 Å². The molecule has 0 aliphatic carbocycles. The predicted octanol–water partition coefficient (Wildman–Crippen LogP) is 4.58. The first-order valence-corrected chi connectivity index (χ1v) is 8.20. The number of anilines is 2. The van der Waals surface area contributed by atoms with Crippen LogP contribution in [-0.2, 0) is 11.3 Å². The molecular weight excluding hydrogens is 338 g/mol. The minimum absolute atomic E-state index is 0.300. The van der Waals surface area contributed by atoms with E-state index in [2.05, 4.69) is 10.2 Å². The van der Waals surface area contributed by atoms with Crippen molar-refractivity contribution in [3.8, 4) is 0 Å². The molecule has 2 aromatic carbocycles. The Bertz CT molecular complexity index is 690. The molecule has 0 amide bonds. The maximum absolute atomic E-state index is 13.4. The molecule has 1 heterocycles. The average molecular weight is 355 g/mol. The molecule has 1 fully saturated rings. The number of rotatable bonds is 4. The van der Waals surface area contributed by atoms with Crippen molar-refractivity contribution in [3.63, 3.8) is 0 Å². The highest BCUT2D eigenvalue weighted by Crippen LogP contribution is 2.35. The molecule has 1 aliphatic heterocycles. The summed E-state index contributed by atoms with van der Waals surface area (Å²) in [7, 11) is 0. The lowest BCUT2D eigenvalue weighted by atomic mass is 10.2. The third-order valence-electron chi connectivity index (χ3n) is 3.79. The lowest BCUT2D eigenvalue weighted by molar-refractivity contribution is 0.123. The van der Waals surface area contributed by atoms with Crippen LogP contribution in [0, 0.1) is 5.82 Å². The van der Waals surface area contributed by atoms with E-state index in [1.165, 1.54) is 12.1 Å². The van der Waals surface area contributed by atoms with E-state index in [4.69, 9.17) is 27.9 Å². The molecule has 3 rings (SSSR count). The topological polar surface area (TPSA) is 24.5 Å². The zero-order valence-corrected chi connectivity index (χ0v) is 14.0. The van der Waals surface area contributed by atoms with Crippen molar-refractivity contribution in [2.75, 3.05) is 36.5 Å². The minimum Gasteiger partial charge on any atom is -0.379 e. The summed E-state index contributed by atoms with van der Waals surface area (Å²) in [6, 6.07) is 10.1. The van der Waals surface area contributed by atoms with E-state index < -0.39 is 0 Å². The van der Waals surface area contributed by atoms with E-state index in [1.807, 2.05) is 18.2 Å². The van der Waals surface area contributed by atoms with E-state index in [1.54, 1.807) is 6.07 Å². The van der Waals surface area contributed by atoms with Crippen molar-refractivity contribution < 1.29 is 9.13 Å². The molecule has 0 spiro atoms. The Morgan fingerprint density at radius 2 is 1.87 bits per heavy atom. The Kier molecular flexibility index (Phi) is 5.26. The first-order chi connectivity index (χ1) is 11.1. The molecule has 6 heteroatoms. The third-order valence-corrected chi connectivity index (χ3v) is 4.46. The molecule has 1 saturated heterocycles. The molecule has 0 unspecified atom stereocenters. The second kappa shape index (κ2) is 7.39. The van der Waals surface area contributed by atoms with Gasteiger partial charge in [0.1, 0.15) is 5.82 Å². The van der Waals surface area contributed by atoms with Crippen LogP contribution in [-0.4, -0.2) is 26.3 Å². The van der Waals surface area contributed by atoms with Crippen molar-refractivity contribution in [1.82, 2.24) is 0 Å². The van der Waals surface area contributed by atoms with Crippen LogP contribution in [0.2, 0.25) is 10.0 Å². The Labute approximate surface area is 145 Å². The van der Waals surface area contributed by atoms with Crippen molar-refractivity contribution in [1.29, 1.82) is 0 Å². The van der Waals surface area contributed by atoms with Crippen LogP contribution < -0.4 is 10.2 Å². The zero-order chi connectivity index (χ0) is 16.2. The molecule has 0 saturated carbocycles. The summed E-state index contributed by atoms with van der Waals surface area (Å²) in [6.45, 7) is 3.37. The average Bonchev–Trinajstić information content (AvgIpc) is 2.56. The maximum Gasteiger partial charge on any atom is 0.123 e. The first kappa shape index (κ1) is 16.4. The fraction of sp³-hybridized carbons (Fsp3) is 0.294. The summed E-state index contributed by atoms with van der Waals surface area (Å²) in [5, 5.41) is 4.54. The number of morpholine rings is 1. The zero-order valence-electron chi connectivity index (χ0n) is 12.5. The van der Waals surface area contributed by atoms with Gasteiger partial charge >= 0.3 is 0 Å². The van der Waals surface area contributed by atoms with E-state index >= 15 is 0 Å². The molecule has 1 aliphatic rings. The number of para-hydroxylation sites is 1. The van der Waals surface area contributed by atoms with Gasteiger partial charge in [0.05, 0.1) is 29.6 Å². The molecular formula is C17H17Cl2FN2O. The number of halogens is 3. The number of hydrogen-bond donors (Lipinski definition) is 1. The first-order valence-electron chi connectivity index (χ1n) is 7.44. The monoisotopic (exact) mass is 354 g/mol. The molecule has 0 bridgehead atoms. The minimum atomic E-state index is -0.300. The predicted molar refractivity (Wildman–Crippen MR) is 93.2 cm³/mol. The highest BCUT2D eigenvalue weighted by molar-refractivity contribution is 6.34. The van der Waals surface area contributed by atoms with Gasteiger partial charge in [0.15, 0.2) is 0 Å². The van der Waals surface area contributed by atoms with Crippen molar-refractivity contribution in [2.45, 2.75) is 6.54 Å². The van der Waals surface area contributed by atoms with Crippen LogP contribution in [0.15, 0.2) is 36.4 Å². The number of hydrogen-bond acceptors (Lipinski definition) is 3. The molecule has 0 aromatic heterocycles. The number of nitrogens with zero attached hydrogens (tertiary/aromatic N) is 1. The lowest BCUT2D eigenvalue weighted by Gasteiger charge is -2.31. The Hall–Kier alpha value is -1.49. The van der Waals surface area contributed by atoms with Gasteiger partial charge in [-0.3, -0.25) is 0 Å². The van der Waals surface area contributed by atoms with Gasteiger partial charge in [-0.05, 0) is 35.9 Å². The number of ether oxygens (including phenoxy) is 1. The summed E-state index contributed by atoms with van der Waals surface area (Å²) in [6.07, 6.45) is 0. The largest absolute Gasteiger partial charge is 0.379 e. The Balaban J connectivity index is 1.82. The summed E-state index contributed by atoms with van der Waals surface area (Å²) in [5.74, 6) is -0.300. The van der Waals surface area contributed by atoms with Gasteiger partial charge in [0.25, 0.3) is 0 Å². The quantitative estimate of drug-likeness (QED) is 0.869. The molecule has 0 radical (unpaired) electrons. The standard InChI is InChI=1S/C17H17Cl2FN2O/c18-14-5-4-13(20)10-12(14)11-21-16-3-1-2-15(19)17(16)22-6-8-23-9-7-22/h1-5,10,21H,6-9,11H2. The Morgan fingerprint density at radius 1 is 1.09 bits per heavy atom. The summed E-state index contributed by atoms with van der Waals surface area (Å²) < 4.78 is 18.8. The van der Waals surface area contributed by atoms with Gasteiger partial charge < -0.3 is 15.0 Å². The van der Waals surface area contributed by atoms with E-state index in [9.17, 15) is 4.39 Å². The van der Waals surface area contributed by atoms with E-state index in [0.717, 1.165) is 24.5 Å². The van der Waals surface area contributed by atoms with Crippen LogP contribution in [0.25, 0.3) is 0 Å². The van der Waals surface area contributed by atoms with Gasteiger partial charge in [-0.15, -0.1) is 0 Å². The number of nitrogens with one attached hydrogen (secondary N) is 1. The van der Waals surface area contributed by atoms with Crippen LogP contribution in [0.1, 0.15) is 5.56 Å². The summed E-state index contributed by atoms with van der Waals surface area (Å²) in [4.78, 5) is 2.20. The summed E-state index contributed by atoms with van der Waals surface area (Å²) in [5.41, 5.74) is 2.56. The van der Waals surface area contributed by atoms with E-state index in [-0.39, 0.29) is 5.82 Å². The van der Waals surface area contributed by atoms with Crippen LogP contribution in [0.3, 0.4) is 0 Å². The molecule has 23 heavy (non-hydrogen) atoms. The number of benzene rings is 2. The highest BCUT2D eigenvalue weighted by atomic mass is 35.5. The van der Waals surface area contributed by atoms with Gasteiger partial charge in [-0.25, -0.2) is 4.39 Å². The highest BCUT2D eigenvalue weighted by Gasteiger charge is 2.18. The lowest BCUT2D eigenvalue weighted by Crippen LogP contribution is -2.36. The maximum atomic E-state index is 13.4. The van der Waals surface area contributed by atoms with Gasteiger partial charge in [-0.1, -0.05) is 29.3 Å². The third kappa shape index (κ3) is 3.89. The molecule has 0 atom stereocenters. The van der Waals surface area contributed by atoms with Crippen LogP contribution in [0.4, 0.5) is 15.8 Å². The van der Waals surface area contributed by atoms with Gasteiger partial charge in [0, 0.05) is 24.7 Å². The smallest absolute Gasteiger partial charge is 0.123 e. The summed E-state index contributed by atoms with van der Waals surface area (Å²) >= 11 is 12.5. The molecule has 1 N–H and O–H groups in total. The fourth-order valence-electron chi connectivity index (χ4n) is 2.64. The second-order valence-electron chi connectivity index (χ2n) is 5.32. The van der Waals surface area contributed by atoms with Gasteiger partial charge in [-0.2, -0.15) is 0 Å². The van der Waals surface area contributed by atoms with Crippen molar-refractivity contribution in [2.24, 2.45) is 0 Å². The molecule has 3 nitrogen and oxygen atoms in total. The molecule has 2 aromatic rings. The fourth-order valence-corrected chi connectivity index (χ4v) is 3.11. The van der Waals surface area contributed by atoms with Crippen LogP contribution in [0.5, 0.6) is 0 Å². The van der Waals surface area contributed by atoms with Crippen LogP contribution >= 0.6 is 23.2 Å². The van der Waals surface area contributed by atoms with Crippen molar-refractivity contribution in [3.05, 3.63) is 57.8 Å². The molecule has 122 valence electrons. The SMILES string of the molecule is Fc1ccc(Cl)c(CNc2cccc(Cl)c2N2CCOCC2)c1.